The van der Waals surface area contributed by atoms with Gasteiger partial charge in [0.05, 0.1) is 23.0 Å². The van der Waals surface area contributed by atoms with E-state index in [2.05, 4.69) is 60.4 Å². The molecule has 4 fully saturated rings. The van der Waals surface area contributed by atoms with Crippen molar-refractivity contribution in [2.45, 2.75) is 129 Å². The molecule has 3 saturated carbocycles. The first-order valence-electron chi connectivity index (χ1n) is 15.4. The van der Waals surface area contributed by atoms with Gasteiger partial charge in [0.1, 0.15) is 5.78 Å². The zero-order chi connectivity index (χ0) is 29.3. The summed E-state index contributed by atoms with van der Waals surface area (Å²) in [6.07, 6.45) is 7.02. The van der Waals surface area contributed by atoms with E-state index < -0.39 is 11.5 Å². The SMILES string of the molecule is CC1(C)CCC[C@](C)([C@H]2CC[C@]3(C)[C@@H]2[C@H](O)C[C@@H]2[C@@]4(C)Cc5sc(N=C(N)N)nc5C(C)(C)[C@@H]4C(=O)C[C@]23C)O1. The molecule has 1 aromatic rings. The normalized spacial score (nSPS) is 47.0. The molecule has 9 atom stereocenters. The predicted molar refractivity (Wildman–Crippen MR) is 159 cm³/mol. The average molecular weight is 571 g/mol. The number of hydrogen-bond donors (Lipinski definition) is 3. The zero-order valence-electron chi connectivity index (χ0n) is 25.8. The fourth-order valence-electron chi connectivity index (χ4n) is 11.6. The number of fused-ring (bicyclic) bond motifs is 6. The third kappa shape index (κ3) is 3.70. The minimum absolute atomic E-state index is 0.000341. The smallest absolute Gasteiger partial charge is 0.212 e. The van der Waals surface area contributed by atoms with E-state index >= 15 is 0 Å². The lowest BCUT2D eigenvalue weighted by Gasteiger charge is -2.69. The van der Waals surface area contributed by atoms with Gasteiger partial charge in [-0.2, -0.15) is 4.99 Å². The van der Waals surface area contributed by atoms with Gasteiger partial charge >= 0.3 is 0 Å². The van der Waals surface area contributed by atoms with Crippen LogP contribution in [-0.2, 0) is 21.4 Å². The number of ketones is 1. The van der Waals surface area contributed by atoms with E-state index in [1.165, 1.54) is 4.88 Å². The minimum atomic E-state index is -0.440. The number of guanidine groups is 1. The highest BCUT2D eigenvalue weighted by atomic mass is 32.1. The molecule has 0 amide bonds. The summed E-state index contributed by atoms with van der Waals surface area (Å²) in [6.45, 7) is 18.2. The standard InChI is InChI=1S/C32H50N4O3S/c1-27(2)11-9-12-32(8,39-27)17-10-13-30(6)22(17)18(37)14-21-29(5)16-20-24(35-26(40-20)36-25(33)34)28(3,4)23(29)19(38)15-31(21,30)7/h17-18,21-23,37H,9-16H2,1-8H3,(H4,33,34,35,36)/t17-,18+,21+,22-,23-,29+,30+,31+,32+/m0/s1. The molecule has 6 rings (SSSR count). The topological polar surface area (TPSA) is 124 Å². The Bertz CT molecular complexity index is 1270. The maximum Gasteiger partial charge on any atom is 0.212 e. The van der Waals surface area contributed by atoms with E-state index in [0.717, 1.165) is 50.6 Å². The molecule has 5 aliphatic rings. The average Bonchev–Trinajstić information content (AvgIpc) is 3.36. The Balaban J connectivity index is 1.42. The number of rotatable bonds is 2. The van der Waals surface area contributed by atoms with Gasteiger partial charge in [-0.25, -0.2) is 4.98 Å². The van der Waals surface area contributed by atoms with Gasteiger partial charge in [-0.05, 0) is 99.7 Å². The largest absolute Gasteiger partial charge is 0.393 e. The molecule has 2 heterocycles. The number of aliphatic hydroxyl groups excluding tert-OH is 1. The van der Waals surface area contributed by atoms with Crippen molar-refractivity contribution < 1.29 is 14.6 Å². The maximum atomic E-state index is 14.5. The van der Waals surface area contributed by atoms with Crippen LogP contribution in [0.15, 0.2) is 4.99 Å². The number of aliphatic imine (C=N–C) groups is 1. The summed E-state index contributed by atoms with van der Waals surface area (Å²) >= 11 is 1.55. The molecule has 1 saturated heterocycles. The number of nitrogens with zero attached hydrogens (tertiary/aromatic N) is 2. The van der Waals surface area contributed by atoms with Crippen LogP contribution >= 0.6 is 11.3 Å². The molecule has 8 heteroatoms. The first-order chi connectivity index (χ1) is 18.4. The van der Waals surface area contributed by atoms with Gasteiger partial charge < -0.3 is 21.3 Å². The Morgan fingerprint density at radius 1 is 1.02 bits per heavy atom. The van der Waals surface area contributed by atoms with Crippen LogP contribution < -0.4 is 11.5 Å². The molecule has 7 nitrogen and oxygen atoms in total. The summed E-state index contributed by atoms with van der Waals surface area (Å²) in [5.41, 5.74) is 10.9. The summed E-state index contributed by atoms with van der Waals surface area (Å²) in [4.78, 5) is 24.7. The molecular weight excluding hydrogens is 520 g/mol. The Labute approximate surface area is 243 Å². The summed E-state index contributed by atoms with van der Waals surface area (Å²) < 4.78 is 6.87. The van der Waals surface area contributed by atoms with Gasteiger partial charge in [-0.3, -0.25) is 4.79 Å². The lowest BCUT2D eigenvalue weighted by molar-refractivity contribution is -0.239. The molecule has 4 aliphatic carbocycles. The van der Waals surface area contributed by atoms with Crippen LogP contribution in [0.2, 0.25) is 0 Å². The summed E-state index contributed by atoms with van der Waals surface area (Å²) in [5, 5.41) is 12.7. The number of nitrogens with two attached hydrogens (primary N) is 2. The highest BCUT2D eigenvalue weighted by Gasteiger charge is 2.73. The molecule has 1 aromatic heterocycles. The van der Waals surface area contributed by atoms with Crippen molar-refractivity contribution in [3.63, 3.8) is 0 Å². The Morgan fingerprint density at radius 3 is 2.38 bits per heavy atom. The zero-order valence-corrected chi connectivity index (χ0v) is 26.6. The van der Waals surface area contributed by atoms with Crippen LogP contribution in [0.25, 0.3) is 0 Å². The highest BCUT2D eigenvalue weighted by Crippen LogP contribution is 2.75. The van der Waals surface area contributed by atoms with E-state index in [1.807, 2.05) is 0 Å². The summed E-state index contributed by atoms with van der Waals surface area (Å²) in [6, 6.07) is 0. The van der Waals surface area contributed by atoms with E-state index in [-0.39, 0.29) is 51.2 Å². The van der Waals surface area contributed by atoms with Crippen LogP contribution in [0, 0.1) is 39.9 Å². The van der Waals surface area contributed by atoms with Gasteiger partial charge in [0, 0.05) is 22.6 Å². The fourth-order valence-corrected chi connectivity index (χ4v) is 12.9. The molecular formula is C32H50N4O3S. The second-order valence-electron chi connectivity index (χ2n) is 16.2. The number of aliphatic hydroxyl groups is 1. The minimum Gasteiger partial charge on any atom is -0.393 e. The lowest BCUT2D eigenvalue weighted by Crippen LogP contribution is -2.68. The number of carbonyl (C=O) groups excluding carboxylic acids is 1. The molecule has 1 aliphatic heterocycles. The molecule has 0 unspecified atom stereocenters. The number of ether oxygens (including phenoxy) is 1. The quantitative estimate of drug-likeness (QED) is 0.313. The monoisotopic (exact) mass is 570 g/mol. The predicted octanol–water partition coefficient (Wildman–Crippen LogP) is 5.63. The van der Waals surface area contributed by atoms with Gasteiger partial charge in [-0.15, -0.1) is 0 Å². The molecule has 5 N–H and O–H groups in total. The Kier molecular flexibility index (Phi) is 6.10. The number of carbonyl (C=O) groups is 1. The van der Waals surface area contributed by atoms with E-state index in [4.69, 9.17) is 21.2 Å². The van der Waals surface area contributed by atoms with Crippen molar-refractivity contribution in [3.05, 3.63) is 10.6 Å². The van der Waals surface area contributed by atoms with Gasteiger partial charge in [0.15, 0.2) is 5.96 Å². The highest BCUT2D eigenvalue weighted by molar-refractivity contribution is 7.15. The number of aromatic nitrogens is 1. The van der Waals surface area contributed by atoms with Crippen LogP contribution in [-0.4, -0.2) is 39.1 Å². The molecule has 0 radical (unpaired) electrons. The molecule has 0 bridgehead atoms. The third-order valence-corrected chi connectivity index (χ3v) is 13.9. The van der Waals surface area contributed by atoms with E-state index in [0.29, 0.717) is 23.3 Å². The first-order valence-corrected chi connectivity index (χ1v) is 16.2. The van der Waals surface area contributed by atoms with Crippen molar-refractivity contribution in [2.24, 2.45) is 56.4 Å². The summed E-state index contributed by atoms with van der Waals surface area (Å²) in [5.74, 6) is 0.836. The van der Waals surface area contributed by atoms with Crippen molar-refractivity contribution in [1.82, 2.24) is 4.98 Å². The third-order valence-electron chi connectivity index (χ3n) is 13.0. The second-order valence-corrected chi connectivity index (χ2v) is 17.2. The number of Topliss-reactive ketones (excluding diaryl/α,β-unsaturated/α-hetero) is 1. The van der Waals surface area contributed by atoms with Crippen molar-refractivity contribution in [3.8, 4) is 0 Å². The molecule has 222 valence electrons. The van der Waals surface area contributed by atoms with E-state index in [9.17, 15) is 9.90 Å². The molecule has 0 spiro atoms. The van der Waals surface area contributed by atoms with E-state index in [1.54, 1.807) is 11.3 Å². The van der Waals surface area contributed by atoms with Crippen LogP contribution in [0.4, 0.5) is 5.13 Å². The van der Waals surface area contributed by atoms with Gasteiger partial charge in [0.25, 0.3) is 0 Å². The molecule has 0 aromatic carbocycles. The fraction of sp³-hybridized carbons (Fsp3) is 0.844. The van der Waals surface area contributed by atoms with Crippen LogP contribution in [0.1, 0.15) is 111 Å². The molecule has 40 heavy (non-hydrogen) atoms. The second kappa shape index (κ2) is 8.53. The first kappa shape index (κ1) is 28.6. The van der Waals surface area contributed by atoms with Crippen LogP contribution in [0.5, 0.6) is 0 Å². The number of hydrogen-bond acceptors (Lipinski definition) is 6. The van der Waals surface area contributed by atoms with Crippen molar-refractivity contribution in [2.75, 3.05) is 0 Å². The Hall–Kier alpha value is -1.51. The summed E-state index contributed by atoms with van der Waals surface area (Å²) in [7, 11) is 0. The lowest BCUT2D eigenvalue weighted by atomic mass is 9.35. The maximum absolute atomic E-state index is 14.5. The van der Waals surface area contributed by atoms with Crippen LogP contribution in [0.3, 0.4) is 0 Å². The Morgan fingerprint density at radius 2 is 1.73 bits per heavy atom. The van der Waals surface area contributed by atoms with Crippen molar-refractivity contribution >= 4 is 28.2 Å². The number of thiazole rings is 1. The van der Waals surface area contributed by atoms with Gasteiger partial charge in [-0.1, -0.05) is 46.0 Å². The van der Waals surface area contributed by atoms with Gasteiger partial charge in [0.2, 0.25) is 5.13 Å². The van der Waals surface area contributed by atoms with Crippen molar-refractivity contribution in [1.29, 1.82) is 0 Å².